The zero-order chi connectivity index (χ0) is 11.5. The molecular formula is C12H15N3O. The standard InChI is InChI=1S/C12H15N3O/c1-3-9-4-6-10(7-5-9)12-14-11(8(2)13)15-16-12/h4-8H,3,13H2,1-2H3. The summed E-state index contributed by atoms with van der Waals surface area (Å²) in [5, 5.41) is 3.82. The molecule has 16 heavy (non-hydrogen) atoms. The van der Waals surface area contributed by atoms with Crippen molar-refractivity contribution in [1.29, 1.82) is 0 Å². The Labute approximate surface area is 94.5 Å². The zero-order valence-electron chi connectivity index (χ0n) is 9.47. The minimum absolute atomic E-state index is 0.201. The average Bonchev–Trinajstić information content (AvgIpc) is 2.78. The van der Waals surface area contributed by atoms with Gasteiger partial charge >= 0.3 is 0 Å². The van der Waals surface area contributed by atoms with E-state index in [0.29, 0.717) is 11.7 Å². The first-order valence-electron chi connectivity index (χ1n) is 5.39. The van der Waals surface area contributed by atoms with Gasteiger partial charge in [-0.2, -0.15) is 4.98 Å². The van der Waals surface area contributed by atoms with Gasteiger partial charge in [0, 0.05) is 5.56 Å². The number of aromatic nitrogens is 2. The van der Waals surface area contributed by atoms with E-state index >= 15 is 0 Å². The fourth-order valence-electron chi connectivity index (χ4n) is 1.42. The van der Waals surface area contributed by atoms with Crippen molar-refractivity contribution in [2.45, 2.75) is 26.3 Å². The molecule has 0 amide bonds. The Morgan fingerprint density at radius 1 is 1.31 bits per heavy atom. The number of aryl methyl sites for hydroxylation is 1. The van der Waals surface area contributed by atoms with E-state index in [-0.39, 0.29) is 6.04 Å². The molecule has 1 aromatic carbocycles. The fourth-order valence-corrected chi connectivity index (χ4v) is 1.42. The second-order valence-corrected chi connectivity index (χ2v) is 3.80. The van der Waals surface area contributed by atoms with Gasteiger partial charge in [-0.3, -0.25) is 0 Å². The van der Waals surface area contributed by atoms with Crippen LogP contribution in [0, 0.1) is 0 Å². The van der Waals surface area contributed by atoms with Crippen LogP contribution in [0.1, 0.15) is 31.3 Å². The van der Waals surface area contributed by atoms with Crippen LogP contribution >= 0.6 is 0 Å². The molecule has 0 radical (unpaired) electrons. The van der Waals surface area contributed by atoms with E-state index < -0.39 is 0 Å². The molecule has 1 heterocycles. The van der Waals surface area contributed by atoms with Crippen LogP contribution in [0.5, 0.6) is 0 Å². The predicted molar refractivity (Wildman–Crippen MR) is 61.7 cm³/mol. The van der Waals surface area contributed by atoms with E-state index in [1.807, 2.05) is 19.1 Å². The Balaban J connectivity index is 2.28. The Morgan fingerprint density at radius 2 is 2.00 bits per heavy atom. The Bertz CT molecular complexity index is 459. The van der Waals surface area contributed by atoms with Gasteiger partial charge in [0.05, 0.1) is 6.04 Å². The van der Waals surface area contributed by atoms with Crippen molar-refractivity contribution in [2.75, 3.05) is 0 Å². The van der Waals surface area contributed by atoms with E-state index in [0.717, 1.165) is 12.0 Å². The van der Waals surface area contributed by atoms with E-state index in [4.69, 9.17) is 10.3 Å². The lowest BCUT2D eigenvalue weighted by molar-refractivity contribution is 0.418. The van der Waals surface area contributed by atoms with E-state index in [2.05, 4.69) is 29.2 Å². The molecule has 0 aliphatic rings. The van der Waals surface area contributed by atoms with Gasteiger partial charge in [0.2, 0.25) is 0 Å². The van der Waals surface area contributed by atoms with E-state index in [1.165, 1.54) is 5.56 Å². The molecule has 0 aliphatic heterocycles. The third-order valence-electron chi connectivity index (χ3n) is 2.46. The molecule has 2 aromatic rings. The van der Waals surface area contributed by atoms with Crippen LogP contribution in [0.3, 0.4) is 0 Å². The fraction of sp³-hybridized carbons (Fsp3) is 0.333. The second-order valence-electron chi connectivity index (χ2n) is 3.80. The number of nitrogens with two attached hydrogens (primary N) is 1. The third-order valence-corrected chi connectivity index (χ3v) is 2.46. The molecule has 2 N–H and O–H groups in total. The zero-order valence-corrected chi connectivity index (χ0v) is 9.47. The highest BCUT2D eigenvalue weighted by molar-refractivity contribution is 5.53. The number of rotatable bonds is 3. The minimum atomic E-state index is -0.201. The molecule has 0 saturated heterocycles. The SMILES string of the molecule is CCc1ccc(-c2nc(C(C)N)no2)cc1. The van der Waals surface area contributed by atoms with Crippen LogP contribution in [-0.2, 0) is 6.42 Å². The second kappa shape index (κ2) is 4.45. The smallest absolute Gasteiger partial charge is 0.257 e. The highest BCUT2D eigenvalue weighted by Crippen LogP contribution is 2.19. The Hall–Kier alpha value is -1.68. The number of hydrogen-bond acceptors (Lipinski definition) is 4. The summed E-state index contributed by atoms with van der Waals surface area (Å²) in [5.41, 5.74) is 7.88. The monoisotopic (exact) mass is 217 g/mol. The van der Waals surface area contributed by atoms with Gasteiger partial charge in [-0.05, 0) is 31.0 Å². The highest BCUT2D eigenvalue weighted by Gasteiger charge is 2.11. The van der Waals surface area contributed by atoms with Crippen LogP contribution in [0.15, 0.2) is 28.8 Å². The maximum absolute atomic E-state index is 5.67. The summed E-state index contributed by atoms with van der Waals surface area (Å²) in [6.45, 7) is 3.95. The topological polar surface area (TPSA) is 64.9 Å². The highest BCUT2D eigenvalue weighted by atomic mass is 16.5. The molecule has 0 aliphatic carbocycles. The van der Waals surface area contributed by atoms with Gasteiger partial charge in [-0.25, -0.2) is 0 Å². The molecule has 84 valence electrons. The lowest BCUT2D eigenvalue weighted by atomic mass is 10.1. The molecule has 1 unspecified atom stereocenters. The first-order chi connectivity index (χ1) is 7.70. The molecule has 4 heteroatoms. The molecular weight excluding hydrogens is 202 g/mol. The predicted octanol–water partition coefficient (Wildman–Crippen LogP) is 2.32. The van der Waals surface area contributed by atoms with Gasteiger partial charge in [-0.1, -0.05) is 24.2 Å². The lowest BCUT2D eigenvalue weighted by Crippen LogP contribution is -2.06. The Kier molecular flexibility index (Phi) is 3.01. The van der Waals surface area contributed by atoms with Crippen LogP contribution < -0.4 is 5.73 Å². The van der Waals surface area contributed by atoms with Crippen molar-refractivity contribution in [3.05, 3.63) is 35.7 Å². The van der Waals surface area contributed by atoms with E-state index in [1.54, 1.807) is 0 Å². The van der Waals surface area contributed by atoms with Crippen LogP contribution in [0.2, 0.25) is 0 Å². The van der Waals surface area contributed by atoms with Crippen LogP contribution in [0.4, 0.5) is 0 Å². The summed E-state index contributed by atoms with van der Waals surface area (Å²) in [6.07, 6.45) is 1.02. The molecule has 0 bridgehead atoms. The van der Waals surface area contributed by atoms with Crippen LogP contribution in [-0.4, -0.2) is 10.1 Å². The summed E-state index contributed by atoms with van der Waals surface area (Å²) in [5.74, 6) is 1.06. The number of hydrogen-bond donors (Lipinski definition) is 1. The summed E-state index contributed by atoms with van der Waals surface area (Å²) in [4.78, 5) is 4.23. The average molecular weight is 217 g/mol. The van der Waals surface area contributed by atoms with Gasteiger partial charge in [0.15, 0.2) is 5.82 Å². The van der Waals surface area contributed by atoms with Crippen molar-refractivity contribution in [3.8, 4) is 11.5 Å². The van der Waals surface area contributed by atoms with Crippen molar-refractivity contribution in [3.63, 3.8) is 0 Å². The molecule has 0 saturated carbocycles. The number of nitrogens with zero attached hydrogens (tertiary/aromatic N) is 2. The third kappa shape index (κ3) is 2.12. The summed E-state index contributed by atoms with van der Waals surface area (Å²) < 4.78 is 5.14. The van der Waals surface area contributed by atoms with Crippen molar-refractivity contribution < 1.29 is 4.52 Å². The Morgan fingerprint density at radius 3 is 2.50 bits per heavy atom. The van der Waals surface area contributed by atoms with Crippen molar-refractivity contribution in [1.82, 2.24) is 10.1 Å². The van der Waals surface area contributed by atoms with Crippen LogP contribution in [0.25, 0.3) is 11.5 Å². The van der Waals surface area contributed by atoms with Gasteiger partial charge in [-0.15, -0.1) is 0 Å². The van der Waals surface area contributed by atoms with Crippen molar-refractivity contribution >= 4 is 0 Å². The molecule has 1 atom stereocenters. The summed E-state index contributed by atoms with van der Waals surface area (Å²) >= 11 is 0. The van der Waals surface area contributed by atoms with E-state index in [9.17, 15) is 0 Å². The first kappa shape index (κ1) is 10.8. The van der Waals surface area contributed by atoms with Crippen molar-refractivity contribution in [2.24, 2.45) is 5.73 Å². The maximum Gasteiger partial charge on any atom is 0.257 e. The summed E-state index contributed by atoms with van der Waals surface area (Å²) in [7, 11) is 0. The van der Waals surface area contributed by atoms with Gasteiger partial charge in [0.1, 0.15) is 0 Å². The number of benzene rings is 1. The minimum Gasteiger partial charge on any atom is -0.334 e. The summed E-state index contributed by atoms with van der Waals surface area (Å²) in [6, 6.07) is 7.89. The molecule has 0 spiro atoms. The lowest BCUT2D eigenvalue weighted by Gasteiger charge is -1.97. The van der Waals surface area contributed by atoms with Gasteiger partial charge in [0.25, 0.3) is 5.89 Å². The molecule has 1 aromatic heterocycles. The van der Waals surface area contributed by atoms with Gasteiger partial charge < -0.3 is 10.3 Å². The molecule has 0 fully saturated rings. The first-order valence-corrected chi connectivity index (χ1v) is 5.39. The largest absolute Gasteiger partial charge is 0.334 e. The molecule has 4 nitrogen and oxygen atoms in total. The maximum atomic E-state index is 5.67. The quantitative estimate of drug-likeness (QED) is 0.856. The molecule has 2 rings (SSSR count). The normalized spacial score (nSPS) is 12.7.